The van der Waals surface area contributed by atoms with Crippen LogP contribution in [0.25, 0.3) is 5.57 Å². The molecule has 1 heterocycles. The van der Waals surface area contributed by atoms with Gasteiger partial charge in [0.05, 0.1) is 19.3 Å². The van der Waals surface area contributed by atoms with Crippen LogP contribution in [0.3, 0.4) is 0 Å². The fourth-order valence-corrected chi connectivity index (χ4v) is 5.12. The number of halogens is 1. The highest BCUT2D eigenvalue weighted by Gasteiger charge is 2.23. The van der Waals surface area contributed by atoms with Gasteiger partial charge in [0.15, 0.2) is 0 Å². The Morgan fingerprint density at radius 3 is 2.72 bits per heavy atom. The first-order chi connectivity index (χ1) is 15.6. The lowest BCUT2D eigenvalue weighted by Gasteiger charge is -2.16. The van der Waals surface area contributed by atoms with E-state index in [2.05, 4.69) is 48.2 Å². The maximum absolute atomic E-state index is 12.4. The summed E-state index contributed by atoms with van der Waals surface area (Å²) >= 11 is 0. The van der Waals surface area contributed by atoms with E-state index in [1.807, 2.05) is 12.1 Å². The molecule has 1 saturated heterocycles. The number of carbonyl (C=O) groups is 1. The predicted molar refractivity (Wildman–Crippen MR) is 128 cm³/mol. The van der Waals surface area contributed by atoms with Crippen LogP contribution < -0.4 is 0 Å². The zero-order valence-electron chi connectivity index (χ0n) is 19.3. The second kappa shape index (κ2) is 10.4. The van der Waals surface area contributed by atoms with Crippen molar-refractivity contribution in [1.82, 2.24) is 4.90 Å². The molecule has 0 radical (unpaired) electrons. The lowest BCUT2D eigenvalue weighted by molar-refractivity contribution is 0.0600. The quantitative estimate of drug-likeness (QED) is 0.522. The summed E-state index contributed by atoms with van der Waals surface area (Å²) in [6.45, 7) is 5.11. The maximum Gasteiger partial charge on any atom is 0.337 e. The molecule has 0 N–H and O–H groups in total. The van der Waals surface area contributed by atoms with Crippen molar-refractivity contribution >= 4 is 11.5 Å². The number of benzene rings is 2. The van der Waals surface area contributed by atoms with Crippen LogP contribution >= 0.6 is 0 Å². The first kappa shape index (κ1) is 22.7. The van der Waals surface area contributed by atoms with Crippen molar-refractivity contribution in [3.05, 3.63) is 76.4 Å². The van der Waals surface area contributed by atoms with Crippen LogP contribution in [0.1, 0.15) is 58.8 Å². The molecule has 0 amide bonds. The number of nitrogens with zero attached hydrogens (tertiary/aromatic N) is 1. The monoisotopic (exact) mass is 435 g/mol. The van der Waals surface area contributed by atoms with Gasteiger partial charge in [-0.25, -0.2) is 4.79 Å². The number of hydrogen-bond acceptors (Lipinski definition) is 3. The number of rotatable bonds is 7. The minimum absolute atomic E-state index is 0.218. The molecular weight excluding hydrogens is 401 g/mol. The van der Waals surface area contributed by atoms with Crippen molar-refractivity contribution < 1.29 is 13.9 Å². The first-order valence-electron chi connectivity index (χ1n) is 11.9. The third-order valence-corrected chi connectivity index (χ3v) is 6.90. The Kier molecular flexibility index (Phi) is 7.41. The van der Waals surface area contributed by atoms with Gasteiger partial charge in [0, 0.05) is 13.1 Å². The molecule has 32 heavy (non-hydrogen) atoms. The SMILES string of the molecule is COC(=O)c1ccc2c(c1)CCC(C)C=C2c1ccc(CC2CCN(CCCF)C2)cc1. The summed E-state index contributed by atoms with van der Waals surface area (Å²) in [5.41, 5.74) is 6.90. The number of carbonyl (C=O) groups excluding carboxylic acids is 1. The number of fused-ring (bicyclic) bond motifs is 1. The minimum atomic E-state index is -0.282. The van der Waals surface area contributed by atoms with Crippen molar-refractivity contribution in [2.24, 2.45) is 11.8 Å². The second-order valence-electron chi connectivity index (χ2n) is 9.36. The molecule has 170 valence electrons. The van der Waals surface area contributed by atoms with E-state index in [4.69, 9.17) is 4.74 Å². The molecule has 2 aliphatic rings. The maximum atomic E-state index is 12.4. The van der Waals surface area contributed by atoms with E-state index in [-0.39, 0.29) is 12.6 Å². The number of allylic oxidation sites excluding steroid dienone is 1. The van der Waals surface area contributed by atoms with Crippen LogP contribution in [0.15, 0.2) is 48.5 Å². The summed E-state index contributed by atoms with van der Waals surface area (Å²) in [5, 5.41) is 0. The molecule has 2 atom stereocenters. The molecule has 4 rings (SSSR count). The van der Waals surface area contributed by atoms with Gasteiger partial charge in [0.2, 0.25) is 0 Å². The van der Waals surface area contributed by atoms with E-state index in [0.29, 0.717) is 23.8 Å². The number of esters is 1. The van der Waals surface area contributed by atoms with Gasteiger partial charge in [-0.2, -0.15) is 0 Å². The molecule has 1 fully saturated rings. The van der Waals surface area contributed by atoms with E-state index in [9.17, 15) is 9.18 Å². The lowest BCUT2D eigenvalue weighted by atomic mass is 9.91. The number of aryl methyl sites for hydroxylation is 1. The van der Waals surface area contributed by atoms with Crippen LogP contribution in [-0.2, 0) is 17.6 Å². The van der Waals surface area contributed by atoms with E-state index in [0.717, 1.165) is 38.9 Å². The van der Waals surface area contributed by atoms with E-state index in [1.54, 1.807) is 0 Å². The highest BCUT2D eigenvalue weighted by molar-refractivity contribution is 5.91. The first-order valence-corrected chi connectivity index (χ1v) is 11.9. The highest BCUT2D eigenvalue weighted by Crippen LogP contribution is 2.34. The average molecular weight is 436 g/mol. The summed E-state index contributed by atoms with van der Waals surface area (Å²) in [5.74, 6) is 0.859. The molecule has 0 aromatic heterocycles. The molecule has 4 heteroatoms. The Balaban J connectivity index is 1.50. The van der Waals surface area contributed by atoms with Crippen LogP contribution in [0.4, 0.5) is 4.39 Å². The Labute approximate surface area is 191 Å². The number of hydrogen-bond donors (Lipinski definition) is 0. The van der Waals surface area contributed by atoms with E-state index >= 15 is 0 Å². The second-order valence-corrected chi connectivity index (χ2v) is 9.36. The molecule has 2 aromatic rings. The zero-order valence-corrected chi connectivity index (χ0v) is 19.3. The highest BCUT2D eigenvalue weighted by atomic mass is 19.1. The van der Waals surface area contributed by atoms with Gasteiger partial charge in [0.25, 0.3) is 0 Å². The third kappa shape index (κ3) is 5.29. The molecule has 2 unspecified atom stereocenters. The van der Waals surface area contributed by atoms with Gasteiger partial charge in [-0.3, -0.25) is 4.39 Å². The van der Waals surface area contributed by atoms with E-state index in [1.165, 1.54) is 41.4 Å². The smallest absolute Gasteiger partial charge is 0.337 e. The van der Waals surface area contributed by atoms with Crippen molar-refractivity contribution in [3.8, 4) is 0 Å². The molecule has 3 nitrogen and oxygen atoms in total. The van der Waals surface area contributed by atoms with E-state index < -0.39 is 0 Å². The van der Waals surface area contributed by atoms with Crippen molar-refractivity contribution in [3.63, 3.8) is 0 Å². The lowest BCUT2D eigenvalue weighted by Crippen LogP contribution is -2.22. The fourth-order valence-electron chi connectivity index (χ4n) is 5.12. The molecule has 1 aliphatic heterocycles. The molecule has 0 spiro atoms. The predicted octanol–water partition coefficient (Wildman–Crippen LogP) is 5.71. The van der Waals surface area contributed by atoms with Crippen LogP contribution in [0, 0.1) is 11.8 Å². The Morgan fingerprint density at radius 1 is 1.16 bits per heavy atom. The van der Waals surface area contributed by atoms with Crippen LogP contribution in [0.2, 0.25) is 0 Å². The van der Waals surface area contributed by atoms with Gasteiger partial charge in [-0.15, -0.1) is 0 Å². The number of methoxy groups -OCH3 is 1. The molecule has 1 aliphatic carbocycles. The summed E-state index contributed by atoms with van der Waals surface area (Å²) < 4.78 is 17.4. The largest absolute Gasteiger partial charge is 0.465 e. The summed E-state index contributed by atoms with van der Waals surface area (Å²) in [6, 6.07) is 15.0. The Bertz CT molecular complexity index is 966. The zero-order chi connectivity index (χ0) is 22.5. The number of alkyl halides is 1. The summed E-state index contributed by atoms with van der Waals surface area (Å²) in [7, 11) is 1.43. The number of ether oxygens (including phenoxy) is 1. The molecule has 0 bridgehead atoms. The minimum Gasteiger partial charge on any atom is -0.465 e. The topological polar surface area (TPSA) is 29.5 Å². The normalized spacial score (nSPS) is 21.0. The van der Waals surface area contributed by atoms with Gasteiger partial charge >= 0.3 is 5.97 Å². The molecular formula is C28H34FNO2. The standard InChI is InChI=1S/C28H34FNO2/c1-20-4-7-24-18-25(28(31)32-2)10-11-26(24)27(16-20)23-8-5-21(6-9-23)17-22-12-15-30(19-22)14-3-13-29/h5-6,8-11,16,18,20,22H,3-4,7,12-15,17,19H2,1-2H3. The summed E-state index contributed by atoms with van der Waals surface area (Å²) in [6.07, 6.45) is 7.34. The van der Waals surface area contributed by atoms with Gasteiger partial charge in [-0.05, 0) is 90.4 Å². The molecule has 0 saturated carbocycles. The summed E-state index contributed by atoms with van der Waals surface area (Å²) in [4.78, 5) is 14.4. The average Bonchev–Trinajstić information content (AvgIpc) is 3.19. The van der Waals surface area contributed by atoms with Crippen LogP contribution in [-0.4, -0.2) is 44.3 Å². The Hall–Kier alpha value is -2.46. The van der Waals surface area contributed by atoms with Gasteiger partial charge in [0.1, 0.15) is 0 Å². The Morgan fingerprint density at radius 2 is 1.97 bits per heavy atom. The van der Waals surface area contributed by atoms with Gasteiger partial charge < -0.3 is 9.64 Å². The number of likely N-dealkylation sites (tertiary alicyclic amines) is 1. The third-order valence-electron chi connectivity index (χ3n) is 6.90. The van der Waals surface area contributed by atoms with Crippen LogP contribution in [0.5, 0.6) is 0 Å². The molecule has 2 aromatic carbocycles. The van der Waals surface area contributed by atoms with Crippen molar-refractivity contribution in [1.29, 1.82) is 0 Å². The van der Waals surface area contributed by atoms with Crippen molar-refractivity contribution in [2.45, 2.75) is 39.0 Å². The van der Waals surface area contributed by atoms with Gasteiger partial charge in [-0.1, -0.05) is 43.3 Å². The van der Waals surface area contributed by atoms with Crippen molar-refractivity contribution in [2.75, 3.05) is 33.4 Å². The fraction of sp³-hybridized carbons (Fsp3) is 0.464.